The van der Waals surface area contributed by atoms with Crippen molar-refractivity contribution in [3.05, 3.63) is 0 Å². The second-order valence-electron chi connectivity index (χ2n) is 13.9. The maximum Gasteiger partial charge on any atom is 0.308 e. The molecule has 2 amide bonds. The van der Waals surface area contributed by atoms with Crippen LogP contribution >= 0.6 is 0 Å². The fraction of sp³-hybridized carbons (Fsp3) is 0.882. The molecule has 0 aromatic rings. The van der Waals surface area contributed by atoms with E-state index in [1.54, 1.807) is 18.7 Å². The summed E-state index contributed by atoms with van der Waals surface area (Å²) >= 11 is 0. The van der Waals surface area contributed by atoms with Crippen LogP contribution in [0.4, 0.5) is 0 Å². The molecular formula is C34H59N3O15. The highest BCUT2D eigenvalue weighted by molar-refractivity contribution is 5.79. The van der Waals surface area contributed by atoms with Crippen molar-refractivity contribution in [1.82, 2.24) is 15.3 Å². The van der Waals surface area contributed by atoms with E-state index in [4.69, 9.17) is 28.5 Å². The molecule has 0 radical (unpaired) electrons. The lowest BCUT2D eigenvalue weighted by Gasteiger charge is -2.46. The van der Waals surface area contributed by atoms with Crippen LogP contribution in [0.3, 0.4) is 0 Å². The van der Waals surface area contributed by atoms with Crippen LogP contribution in [0.25, 0.3) is 0 Å². The number of carbonyl (C=O) groups excluding carboxylic acids is 4. The summed E-state index contributed by atoms with van der Waals surface area (Å²) in [6.45, 7) is 10.0. The Balaban J connectivity index is 1.79. The number of aliphatic hydroxyl groups is 5. The van der Waals surface area contributed by atoms with Crippen LogP contribution in [0.15, 0.2) is 0 Å². The fourth-order valence-corrected chi connectivity index (χ4v) is 6.00. The summed E-state index contributed by atoms with van der Waals surface area (Å²) in [5, 5.41) is 57.8. The van der Waals surface area contributed by atoms with Gasteiger partial charge in [-0.15, -0.1) is 0 Å². The zero-order valence-corrected chi connectivity index (χ0v) is 31.0. The fourth-order valence-electron chi connectivity index (χ4n) is 6.00. The molecule has 3 rings (SSSR count). The number of aliphatic hydroxyl groups excluding tert-OH is 5. The number of rotatable bonds is 11. The van der Waals surface area contributed by atoms with Gasteiger partial charge in [0.25, 0.3) is 0 Å². The van der Waals surface area contributed by atoms with E-state index < -0.39 is 97.9 Å². The summed E-state index contributed by atoms with van der Waals surface area (Å²) in [5.41, 5.74) is 0. The smallest absolute Gasteiger partial charge is 0.308 e. The van der Waals surface area contributed by atoms with E-state index in [9.17, 15) is 44.7 Å². The van der Waals surface area contributed by atoms with Gasteiger partial charge in [0.2, 0.25) is 18.1 Å². The lowest BCUT2D eigenvalue weighted by molar-refractivity contribution is -0.394. The van der Waals surface area contributed by atoms with Gasteiger partial charge >= 0.3 is 11.9 Å². The third-order valence-corrected chi connectivity index (χ3v) is 9.68. The van der Waals surface area contributed by atoms with Gasteiger partial charge in [-0.25, -0.2) is 0 Å². The molecule has 0 aliphatic carbocycles. The summed E-state index contributed by atoms with van der Waals surface area (Å²) < 4.78 is 28.3. The Labute approximate surface area is 304 Å². The molecule has 6 N–H and O–H groups in total. The van der Waals surface area contributed by atoms with Crippen molar-refractivity contribution in [3.8, 4) is 0 Å². The molecule has 0 aromatic heterocycles. The average Bonchev–Trinajstić information content (AvgIpc) is 3.12. The first-order chi connectivity index (χ1) is 24.6. The third-order valence-electron chi connectivity index (χ3n) is 9.68. The Morgan fingerprint density at radius 3 is 2.25 bits per heavy atom. The van der Waals surface area contributed by atoms with Crippen molar-refractivity contribution in [2.75, 3.05) is 39.3 Å². The summed E-state index contributed by atoms with van der Waals surface area (Å²) in [7, 11) is 0. The van der Waals surface area contributed by atoms with Gasteiger partial charge in [0.1, 0.15) is 62.0 Å². The summed E-state index contributed by atoms with van der Waals surface area (Å²) in [6, 6.07) is 0. The molecule has 0 spiro atoms. The minimum atomic E-state index is -1.85. The monoisotopic (exact) mass is 749 g/mol. The molecule has 13 atom stereocenters. The van der Waals surface area contributed by atoms with Crippen LogP contribution in [0, 0.1) is 11.8 Å². The van der Waals surface area contributed by atoms with Gasteiger partial charge in [0.05, 0.1) is 18.6 Å². The lowest BCUT2D eigenvalue weighted by atomic mass is 9.97. The predicted octanol–water partition coefficient (Wildman–Crippen LogP) is -1.42. The quantitative estimate of drug-likeness (QED) is 0.133. The summed E-state index contributed by atoms with van der Waals surface area (Å²) in [6.07, 6.45) is -14.0. The Hall–Kier alpha value is -2.52. The Morgan fingerprint density at radius 2 is 1.60 bits per heavy atom. The topological polar surface area (TPSA) is 243 Å². The molecule has 0 aromatic carbocycles. The van der Waals surface area contributed by atoms with Crippen LogP contribution in [0.1, 0.15) is 73.6 Å². The molecular weight excluding hydrogens is 690 g/mol. The zero-order chi connectivity index (χ0) is 38.7. The van der Waals surface area contributed by atoms with Crippen LogP contribution in [0.2, 0.25) is 0 Å². The number of hydrogen-bond donors (Lipinski definition) is 6. The average molecular weight is 750 g/mol. The predicted molar refractivity (Wildman–Crippen MR) is 179 cm³/mol. The first-order valence-electron chi connectivity index (χ1n) is 18.2. The van der Waals surface area contributed by atoms with E-state index in [-0.39, 0.29) is 38.0 Å². The number of hydrogen-bond acceptors (Lipinski definition) is 16. The number of ether oxygens (including phenoxy) is 5. The van der Waals surface area contributed by atoms with Gasteiger partial charge in [-0.2, -0.15) is 5.06 Å². The standard InChI is InChI=1S/C34H59N3O15/c1-7-18(3)31(45)36-13-10-12-35-24(39)16-37(14-9-11-22(15-36)49-21(6)38)52-34-30(28(43)25(40)20(5)48-34)51-33-29(44)27(42)26(41)23(50-33)17-47-32(46)19(4)8-2/h18-20,22-23,25-30,33-34,40-44H,7-17H2,1-6H3,(H,35,39)/t18-,19-,20-,22+,23+,25-,26+,27-,28+,29+,30+,33-,34-/m0/s1. The molecule has 0 unspecified atom stereocenters. The number of nitrogens with one attached hydrogen (secondary N) is 1. The number of amides is 2. The number of carbonyl (C=O) groups is 4. The van der Waals surface area contributed by atoms with E-state index in [0.29, 0.717) is 38.6 Å². The Morgan fingerprint density at radius 1 is 0.904 bits per heavy atom. The van der Waals surface area contributed by atoms with Crippen molar-refractivity contribution < 1.29 is 73.2 Å². The summed E-state index contributed by atoms with van der Waals surface area (Å²) in [4.78, 5) is 58.1. The Bertz CT molecular complexity index is 1170. The second kappa shape index (κ2) is 20.8. The Kier molecular flexibility index (Phi) is 17.6. The first kappa shape index (κ1) is 43.9. The molecule has 0 bridgehead atoms. The van der Waals surface area contributed by atoms with E-state index in [1.807, 2.05) is 13.8 Å². The molecule has 3 aliphatic rings. The molecule has 18 nitrogen and oxygen atoms in total. The third kappa shape index (κ3) is 12.3. The molecule has 3 saturated heterocycles. The highest BCUT2D eigenvalue weighted by Crippen LogP contribution is 2.30. The van der Waals surface area contributed by atoms with E-state index in [2.05, 4.69) is 5.32 Å². The van der Waals surface area contributed by atoms with Crippen molar-refractivity contribution in [1.29, 1.82) is 0 Å². The number of esters is 2. The van der Waals surface area contributed by atoms with Gasteiger partial charge in [-0.1, -0.05) is 27.7 Å². The molecule has 0 saturated carbocycles. The minimum Gasteiger partial charge on any atom is -0.463 e. The van der Waals surface area contributed by atoms with E-state index in [1.165, 1.54) is 18.9 Å². The van der Waals surface area contributed by atoms with E-state index in [0.717, 1.165) is 0 Å². The zero-order valence-electron chi connectivity index (χ0n) is 31.0. The van der Waals surface area contributed by atoms with Crippen molar-refractivity contribution in [2.45, 2.75) is 141 Å². The molecule has 52 heavy (non-hydrogen) atoms. The van der Waals surface area contributed by atoms with Gasteiger partial charge in [-0.3, -0.25) is 24.0 Å². The van der Waals surface area contributed by atoms with Crippen LogP contribution < -0.4 is 5.32 Å². The largest absolute Gasteiger partial charge is 0.463 e. The maximum absolute atomic E-state index is 13.1. The SMILES string of the molecule is CC[C@H](C)C(=O)OC[C@H]1O[C@@H](O[C@H]2[C@H](ON3CCC[C@@H](OC(C)=O)CN(C(=O)[C@@H](C)CC)CCCNC(=O)C3)O[C@@H](C)[C@H](O)[C@H]2O)[C@H](O)[C@@H](O)[C@@H]1O. The highest BCUT2D eigenvalue weighted by Gasteiger charge is 2.51. The van der Waals surface area contributed by atoms with Gasteiger partial charge in [0.15, 0.2) is 6.29 Å². The van der Waals surface area contributed by atoms with Crippen LogP contribution in [-0.4, -0.2) is 166 Å². The van der Waals surface area contributed by atoms with Gasteiger partial charge < -0.3 is 59.4 Å². The van der Waals surface area contributed by atoms with Crippen LogP contribution in [0.5, 0.6) is 0 Å². The molecule has 3 fully saturated rings. The van der Waals surface area contributed by atoms with E-state index >= 15 is 0 Å². The van der Waals surface area contributed by atoms with Crippen LogP contribution in [-0.2, 0) is 47.7 Å². The van der Waals surface area contributed by atoms with Crippen molar-refractivity contribution in [3.63, 3.8) is 0 Å². The molecule has 18 heteroatoms. The van der Waals surface area contributed by atoms with Crippen molar-refractivity contribution in [2.24, 2.45) is 11.8 Å². The van der Waals surface area contributed by atoms with Gasteiger partial charge in [-0.05, 0) is 39.0 Å². The highest BCUT2D eigenvalue weighted by atomic mass is 16.8. The second-order valence-corrected chi connectivity index (χ2v) is 13.9. The first-order valence-corrected chi connectivity index (χ1v) is 18.2. The minimum absolute atomic E-state index is 0.0753. The lowest BCUT2D eigenvalue weighted by Crippen LogP contribution is -2.64. The molecule has 300 valence electrons. The van der Waals surface area contributed by atoms with Gasteiger partial charge in [0, 0.05) is 32.5 Å². The molecule has 3 heterocycles. The molecule has 3 aliphatic heterocycles. The normalized spacial score (nSPS) is 35.6. The number of hydroxylamine groups is 2. The van der Waals surface area contributed by atoms with Crippen molar-refractivity contribution >= 4 is 23.8 Å². The number of nitrogens with zero attached hydrogens (tertiary/aromatic N) is 2. The maximum atomic E-state index is 13.1. The summed E-state index contributed by atoms with van der Waals surface area (Å²) in [5.74, 6) is -2.23.